The van der Waals surface area contributed by atoms with Crippen molar-refractivity contribution >= 4 is 0 Å². The first-order chi connectivity index (χ1) is 9.06. The molecule has 1 aromatic carbocycles. The van der Waals surface area contributed by atoms with Gasteiger partial charge in [0, 0.05) is 13.1 Å². The molecular weight excluding hydrogens is 240 g/mol. The summed E-state index contributed by atoms with van der Waals surface area (Å²) in [4.78, 5) is 2.11. The normalized spacial score (nSPS) is 12.7. The fourth-order valence-corrected chi connectivity index (χ4v) is 2.15. The number of rotatable bonds is 8. The van der Waals surface area contributed by atoms with Crippen molar-refractivity contribution in [2.75, 3.05) is 26.7 Å². The van der Waals surface area contributed by atoms with E-state index in [2.05, 4.69) is 24.0 Å². The first-order valence-electron chi connectivity index (χ1n) is 6.85. The zero-order valence-corrected chi connectivity index (χ0v) is 12.2. The lowest BCUT2D eigenvalue weighted by atomic mass is 10.1. The molecular formula is C15H26N2O2. The van der Waals surface area contributed by atoms with Crippen LogP contribution >= 0.6 is 0 Å². The molecule has 19 heavy (non-hydrogen) atoms. The number of nitrogens with two attached hydrogens (primary N) is 1. The Morgan fingerprint density at radius 2 is 2.16 bits per heavy atom. The van der Waals surface area contributed by atoms with Crippen molar-refractivity contribution in [3.8, 4) is 5.75 Å². The Morgan fingerprint density at radius 1 is 1.42 bits per heavy atom. The van der Waals surface area contributed by atoms with E-state index in [4.69, 9.17) is 10.5 Å². The molecule has 0 radical (unpaired) electrons. The fraction of sp³-hybridized carbons (Fsp3) is 0.600. The summed E-state index contributed by atoms with van der Waals surface area (Å²) in [6.07, 6.45) is 0.297. The third-order valence-electron chi connectivity index (χ3n) is 3.01. The van der Waals surface area contributed by atoms with E-state index in [1.807, 2.05) is 20.0 Å². The summed E-state index contributed by atoms with van der Waals surface area (Å²) >= 11 is 0. The maximum atomic E-state index is 9.72. The van der Waals surface area contributed by atoms with Crippen LogP contribution in [0.15, 0.2) is 18.2 Å². The molecule has 0 spiro atoms. The third-order valence-corrected chi connectivity index (χ3v) is 3.01. The predicted octanol–water partition coefficient (Wildman–Crippen LogP) is 1.54. The molecule has 1 unspecified atom stereocenters. The quantitative estimate of drug-likeness (QED) is 0.749. The van der Waals surface area contributed by atoms with Gasteiger partial charge < -0.3 is 15.6 Å². The van der Waals surface area contributed by atoms with Gasteiger partial charge in [-0.1, -0.05) is 12.1 Å². The monoisotopic (exact) mass is 266 g/mol. The number of aryl methyl sites for hydroxylation is 1. The Hall–Kier alpha value is -1.10. The molecule has 1 atom stereocenters. The van der Waals surface area contributed by atoms with Crippen molar-refractivity contribution in [3.63, 3.8) is 0 Å². The third kappa shape index (κ3) is 5.59. The Kier molecular flexibility index (Phi) is 6.84. The molecule has 0 bridgehead atoms. The minimum Gasteiger partial charge on any atom is -0.494 e. The van der Waals surface area contributed by atoms with Gasteiger partial charge in [-0.2, -0.15) is 0 Å². The number of ether oxygens (including phenoxy) is 1. The van der Waals surface area contributed by atoms with Gasteiger partial charge in [-0.25, -0.2) is 0 Å². The summed E-state index contributed by atoms with van der Waals surface area (Å²) in [6, 6.07) is 6.22. The van der Waals surface area contributed by atoms with Gasteiger partial charge in [0.25, 0.3) is 0 Å². The van der Waals surface area contributed by atoms with Crippen molar-refractivity contribution < 1.29 is 9.84 Å². The second-order valence-corrected chi connectivity index (χ2v) is 4.96. The van der Waals surface area contributed by atoms with Crippen LogP contribution < -0.4 is 10.5 Å². The van der Waals surface area contributed by atoms with Gasteiger partial charge in [0.2, 0.25) is 0 Å². The van der Waals surface area contributed by atoms with E-state index >= 15 is 0 Å². The maximum absolute atomic E-state index is 9.72. The molecule has 0 aliphatic heterocycles. The minimum absolute atomic E-state index is 0.348. The van der Waals surface area contributed by atoms with Crippen molar-refractivity contribution in [2.24, 2.45) is 5.73 Å². The Morgan fingerprint density at radius 3 is 2.74 bits per heavy atom. The van der Waals surface area contributed by atoms with Gasteiger partial charge in [-0.05, 0) is 51.1 Å². The molecule has 0 amide bonds. The molecule has 0 aromatic heterocycles. The number of nitrogens with zero attached hydrogens (tertiary/aromatic N) is 1. The first-order valence-corrected chi connectivity index (χ1v) is 6.85. The van der Waals surface area contributed by atoms with Gasteiger partial charge in [0.05, 0.1) is 12.7 Å². The molecule has 1 rings (SSSR count). The number of hydrogen-bond acceptors (Lipinski definition) is 4. The molecule has 1 aromatic rings. The molecule has 4 nitrogen and oxygen atoms in total. The molecule has 0 aliphatic carbocycles. The van der Waals surface area contributed by atoms with E-state index < -0.39 is 0 Å². The van der Waals surface area contributed by atoms with Crippen LogP contribution in [0.2, 0.25) is 0 Å². The van der Waals surface area contributed by atoms with Gasteiger partial charge in [-0.15, -0.1) is 0 Å². The first kappa shape index (κ1) is 16.0. The van der Waals surface area contributed by atoms with Crippen LogP contribution in [0.1, 0.15) is 24.5 Å². The van der Waals surface area contributed by atoms with Crippen LogP contribution in [-0.4, -0.2) is 42.9 Å². The molecule has 0 aliphatic rings. The second kappa shape index (κ2) is 8.15. The van der Waals surface area contributed by atoms with Crippen LogP contribution in [0, 0.1) is 6.92 Å². The molecule has 0 fully saturated rings. The molecule has 0 saturated carbocycles. The average molecular weight is 266 g/mol. The summed E-state index contributed by atoms with van der Waals surface area (Å²) in [5, 5.41) is 9.72. The van der Waals surface area contributed by atoms with Crippen LogP contribution in [0.4, 0.5) is 0 Å². The summed E-state index contributed by atoms with van der Waals surface area (Å²) in [5.74, 6) is 0.942. The highest BCUT2D eigenvalue weighted by atomic mass is 16.5. The highest BCUT2D eigenvalue weighted by molar-refractivity contribution is 5.36. The lowest BCUT2D eigenvalue weighted by Gasteiger charge is -2.20. The van der Waals surface area contributed by atoms with Crippen molar-refractivity contribution in [1.29, 1.82) is 0 Å². The van der Waals surface area contributed by atoms with Gasteiger partial charge >= 0.3 is 0 Å². The fourth-order valence-electron chi connectivity index (χ4n) is 2.15. The minimum atomic E-state index is -0.348. The maximum Gasteiger partial charge on any atom is 0.122 e. The zero-order chi connectivity index (χ0) is 14.3. The lowest BCUT2D eigenvalue weighted by Crippen LogP contribution is -2.30. The number of hydrogen-bond donors (Lipinski definition) is 2. The number of aliphatic hydroxyl groups excluding tert-OH is 1. The van der Waals surface area contributed by atoms with Crippen LogP contribution in [0.25, 0.3) is 0 Å². The molecule has 0 heterocycles. The molecule has 3 N–H and O–H groups in total. The Labute approximate surface area is 116 Å². The molecule has 108 valence electrons. The summed E-state index contributed by atoms with van der Waals surface area (Å²) in [7, 11) is 2.01. The smallest absolute Gasteiger partial charge is 0.122 e. The van der Waals surface area contributed by atoms with E-state index in [9.17, 15) is 5.11 Å². The zero-order valence-electron chi connectivity index (χ0n) is 12.2. The van der Waals surface area contributed by atoms with E-state index in [1.165, 1.54) is 5.56 Å². The van der Waals surface area contributed by atoms with Crippen molar-refractivity contribution in [2.45, 2.75) is 32.9 Å². The van der Waals surface area contributed by atoms with E-state index in [-0.39, 0.29) is 6.10 Å². The standard InChI is InChI=1S/C15H26N2O2/c1-4-19-15-6-5-13(9-12(15)2)10-17(3)11-14(18)7-8-16/h5-6,9,14,18H,4,7-8,10-11,16H2,1-3H3. The second-order valence-electron chi connectivity index (χ2n) is 4.96. The summed E-state index contributed by atoms with van der Waals surface area (Å²) < 4.78 is 5.53. The van der Waals surface area contributed by atoms with E-state index in [0.29, 0.717) is 26.1 Å². The van der Waals surface area contributed by atoms with E-state index in [0.717, 1.165) is 17.9 Å². The number of aliphatic hydroxyl groups is 1. The molecule has 0 saturated heterocycles. The van der Waals surface area contributed by atoms with E-state index in [1.54, 1.807) is 0 Å². The Bertz CT molecular complexity index is 382. The molecule has 4 heteroatoms. The SMILES string of the molecule is CCOc1ccc(CN(C)CC(O)CCN)cc1C. The predicted molar refractivity (Wildman–Crippen MR) is 78.4 cm³/mol. The van der Waals surface area contributed by atoms with Gasteiger partial charge in [0.1, 0.15) is 5.75 Å². The van der Waals surface area contributed by atoms with Crippen LogP contribution in [0.5, 0.6) is 5.75 Å². The van der Waals surface area contributed by atoms with Crippen LogP contribution in [0.3, 0.4) is 0 Å². The van der Waals surface area contributed by atoms with Crippen molar-refractivity contribution in [1.82, 2.24) is 4.90 Å². The van der Waals surface area contributed by atoms with Crippen molar-refractivity contribution in [3.05, 3.63) is 29.3 Å². The van der Waals surface area contributed by atoms with Gasteiger partial charge in [-0.3, -0.25) is 4.90 Å². The highest BCUT2D eigenvalue weighted by Gasteiger charge is 2.08. The summed E-state index contributed by atoms with van der Waals surface area (Å²) in [6.45, 7) is 6.71. The summed E-state index contributed by atoms with van der Waals surface area (Å²) in [5.41, 5.74) is 7.80. The van der Waals surface area contributed by atoms with Crippen LogP contribution in [-0.2, 0) is 6.54 Å². The topological polar surface area (TPSA) is 58.7 Å². The lowest BCUT2D eigenvalue weighted by molar-refractivity contribution is 0.117. The highest BCUT2D eigenvalue weighted by Crippen LogP contribution is 2.19. The number of benzene rings is 1. The number of likely N-dealkylation sites (N-methyl/N-ethyl adjacent to an activating group) is 1. The average Bonchev–Trinajstić information content (AvgIpc) is 2.32. The largest absolute Gasteiger partial charge is 0.494 e. The van der Waals surface area contributed by atoms with Gasteiger partial charge in [0.15, 0.2) is 0 Å². The Balaban J connectivity index is 2.54.